The van der Waals surface area contributed by atoms with Crippen LogP contribution in [0.2, 0.25) is 0 Å². The van der Waals surface area contributed by atoms with E-state index in [1.54, 1.807) is 24.4 Å². The van der Waals surface area contributed by atoms with E-state index in [1.165, 1.54) is 35.3 Å². The molecule has 0 spiro atoms. The molecule has 0 radical (unpaired) electrons. The Kier molecular flexibility index (Phi) is 3.91. The fourth-order valence-electron chi connectivity index (χ4n) is 2.77. The monoisotopic (exact) mass is 373 g/mol. The molecule has 0 saturated heterocycles. The Morgan fingerprint density at radius 2 is 1.85 bits per heavy atom. The van der Waals surface area contributed by atoms with Gasteiger partial charge < -0.3 is 9.15 Å². The fourth-order valence-corrected chi connectivity index (χ4v) is 2.77. The van der Waals surface area contributed by atoms with Gasteiger partial charge in [0, 0.05) is 24.2 Å². The van der Waals surface area contributed by atoms with E-state index in [0.717, 1.165) is 6.07 Å². The third-order valence-electron chi connectivity index (χ3n) is 3.75. The summed E-state index contributed by atoms with van der Waals surface area (Å²) in [5, 5.41) is 4.10. The minimum absolute atomic E-state index is 0.0818. The quantitative estimate of drug-likeness (QED) is 0.544. The first-order chi connectivity index (χ1) is 12.9. The highest BCUT2D eigenvalue weighted by molar-refractivity contribution is 5.91. The Morgan fingerprint density at radius 3 is 2.59 bits per heavy atom. The molecular weight excluding hydrogens is 363 g/mol. The number of para-hydroxylation sites is 1. The first-order valence-electron chi connectivity index (χ1n) is 7.71. The zero-order valence-corrected chi connectivity index (χ0v) is 13.5. The Balaban J connectivity index is 2.09. The number of ether oxygens (including phenoxy) is 1. The van der Waals surface area contributed by atoms with E-state index >= 15 is 0 Å². The van der Waals surface area contributed by atoms with Gasteiger partial charge in [-0.15, -0.1) is 13.2 Å². The molecule has 0 aliphatic carbocycles. The number of alkyl halides is 3. The molecule has 9 heteroatoms. The SMILES string of the molecule is O=c1oc2cccnc2c(-n2cccn2)c1-c1ccccc1OC(F)(F)F. The molecule has 0 aliphatic heterocycles. The summed E-state index contributed by atoms with van der Waals surface area (Å²) in [6, 6.07) is 10.1. The van der Waals surface area contributed by atoms with Crippen molar-refractivity contribution < 1.29 is 22.3 Å². The zero-order chi connectivity index (χ0) is 19.0. The summed E-state index contributed by atoms with van der Waals surface area (Å²) in [4.78, 5) is 16.9. The van der Waals surface area contributed by atoms with Gasteiger partial charge in [-0.05, 0) is 24.3 Å². The van der Waals surface area contributed by atoms with Gasteiger partial charge in [-0.3, -0.25) is 4.98 Å². The highest BCUT2D eigenvalue weighted by Crippen LogP contribution is 2.36. The van der Waals surface area contributed by atoms with Gasteiger partial charge in [0.2, 0.25) is 0 Å². The topological polar surface area (TPSA) is 70.2 Å². The van der Waals surface area contributed by atoms with E-state index in [-0.39, 0.29) is 27.9 Å². The van der Waals surface area contributed by atoms with Crippen molar-refractivity contribution in [3.8, 4) is 22.6 Å². The van der Waals surface area contributed by atoms with Crippen molar-refractivity contribution >= 4 is 11.1 Å². The summed E-state index contributed by atoms with van der Waals surface area (Å²) in [5.74, 6) is -0.527. The van der Waals surface area contributed by atoms with Crippen LogP contribution in [0.5, 0.6) is 5.75 Å². The highest BCUT2D eigenvalue weighted by Gasteiger charge is 2.33. The van der Waals surface area contributed by atoms with Gasteiger partial charge in [0.05, 0.1) is 5.56 Å². The lowest BCUT2D eigenvalue weighted by molar-refractivity contribution is -0.274. The summed E-state index contributed by atoms with van der Waals surface area (Å²) in [6.07, 6.45) is -0.403. The standard InChI is InChI=1S/C18H10F3N3O3/c19-18(20,21)27-12-6-2-1-5-11(12)14-16(24-10-4-9-23-24)15-13(26-17(14)25)7-3-8-22-15/h1-10H. The summed E-state index contributed by atoms with van der Waals surface area (Å²) >= 11 is 0. The van der Waals surface area contributed by atoms with Gasteiger partial charge in [0.25, 0.3) is 0 Å². The van der Waals surface area contributed by atoms with Crippen molar-refractivity contribution in [1.29, 1.82) is 0 Å². The van der Waals surface area contributed by atoms with Crippen LogP contribution in [-0.4, -0.2) is 21.1 Å². The Morgan fingerprint density at radius 1 is 1.04 bits per heavy atom. The maximum absolute atomic E-state index is 12.8. The summed E-state index contributed by atoms with van der Waals surface area (Å²) in [7, 11) is 0. The smallest absolute Gasteiger partial charge is 0.420 e. The molecule has 27 heavy (non-hydrogen) atoms. The molecule has 0 fully saturated rings. The molecule has 1 aromatic carbocycles. The number of rotatable bonds is 3. The average molecular weight is 373 g/mol. The first kappa shape index (κ1) is 16.8. The molecule has 3 heterocycles. The van der Waals surface area contributed by atoms with Crippen molar-refractivity contribution in [3.63, 3.8) is 0 Å². The van der Waals surface area contributed by atoms with Crippen LogP contribution in [0.15, 0.2) is 70.3 Å². The Hall–Kier alpha value is -3.62. The van der Waals surface area contributed by atoms with Gasteiger partial charge in [-0.25, -0.2) is 9.48 Å². The van der Waals surface area contributed by atoms with Crippen LogP contribution in [-0.2, 0) is 0 Å². The van der Waals surface area contributed by atoms with Crippen molar-refractivity contribution in [2.75, 3.05) is 0 Å². The maximum Gasteiger partial charge on any atom is 0.573 e. The lowest BCUT2D eigenvalue weighted by atomic mass is 10.0. The molecule has 0 amide bonds. The third kappa shape index (κ3) is 3.14. The fraction of sp³-hybridized carbons (Fsp3) is 0.0556. The van der Waals surface area contributed by atoms with E-state index in [2.05, 4.69) is 14.8 Å². The van der Waals surface area contributed by atoms with Crippen LogP contribution in [0.3, 0.4) is 0 Å². The van der Waals surface area contributed by atoms with Crippen LogP contribution in [0.25, 0.3) is 27.9 Å². The number of fused-ring (bicyclic) bond motifs is 1. The predicted molar refractivity (Wildman–Crippen MR) is 89.5 cm³/mol. The van der Waals surface area contributed by atoms with Gasteiger partial charge >= 0.3 is 12.0 Å². The average Bonchev–Trinajstić information content (AvgIpc) is 3.14. The number of benzene rings is 1. The number of nitrogens with zero attached hydrogens (tertiary/aromatic N) is 3. The molecule has 4 rings (SSSR count). The van der Waals surface area contributed by atoms with Gasteiger partial charge in [0.1, 0.15) is 17.0 Å². The lowest BCUT2D eigenvalue weighted by Crippen LogP contribution is -2.19. The van der Waals surface area contributed by atoms with Crippen molar-refractivity contribution in [2.45, 2.75) is 6.36 Å². The summed E-state index contributed by atoms with van der Waals surface area (Å²) < 4.78 is 49.2. The maximum atomic E-state index is 12.8. The highest BCUT2D eigenvalue weighted by atomic mass is 19.4. The van der Waals surface area contributed by atoms with Crippen molar-refractivity contribution in [2.24, 2.45) is 0 Å². The molecule has 0 aliphatic rings. The number of aromatic nitrogens is 3. The Bertz CT molecular complexity index is 1170. The van der Waals surface area contributed by atoms with Gasteiger partial charge in [0.15, 0.2) is 5.58 Å². The van der Waals surface area contributed by atoms with Crippen LogP contribution in [0, 0.1) is 0 Å². The van der Waals surface area contributed by atoms with Gasteiger partial charge in [-0.1, -0.05) is 18.2 Å². The largest absolute Gasteiger partial charge is 0.573 e. The predicted octanol–water partition coefficient (Wildman–Crippen LogP) is 3.94. The Labute approximate surface area is 149 Å². The van der Waals surface area contributed by atoms with Gasteiger partial charge in [-0.2, -0.15) is 5.10 Å². The first-order valence-corrected chi connectivity index (χ1v) is 7.71. The normalized spacial score (nSPS) is 11.7. The number of halogens is 3. The molecule has 0 N–H and O–H groups in total. The number of pyridine rings is 1. The van der Waals surface area contributed by atoms with Crippen LogP contribution in [0.4, 0.5) is 13.2 Å². The van der Waals surface area contributed by atoms with Crippen molar-refractivity contribution in [3.05, 3.63) is 71.5 Å². The molecular formula is C18H10F3N3O3. The minimum Gasteiger partial charge on any atom is -0.420 e. The van der Waals surface area contributed by atoms with E-state index < -0.39 is 17.7 Å². The van der Waals surface area contributed by atoms with E-state index in [0.29, 0.717) is 0 Å². The van der Waals surface area contributed by atoms with E-state index in [1.807, 2.05) is 0 Å². The molecule has 0 unspecified atom stereocenters. The molecule has 136 valence electrons. The number of hydrogen-bond donors (Lipinski definition) is 0. The van der Waals surface area contributed by atoms with Crippen LogP contribution >= 0.6 is 0 Å². The molecule has 0 bridgehead atoms. The summed E-state index contributed by atoms with van der Waals surface area (Å²) in [6.45, 7) is 0. The molecule has 3 aromatic heterocycles. The number of hydrogen-bond acceptors (Lipinski definition) is 5. The second kappa shape index (κ2) is 6.27. The zero-order valence-electron chi connectivity index (χ0n) is 13.5. The van der Waals surface area contributed by atoms with Crippen molar-refractivity contribution in [1.82, 2.24) is 14.8 Å². The van der Waals surface area contributed by atoms with E-state index in [9.17, 15) is 18.0 Å². The lowest BCUT2D eigenvalue weighted by Gasteiger charge is -2.15. The molecule has 6 nitrogen and oxygen atoms in total. The molecule has 0 atom stereocenters. The summed E-state index contributed by atoms with van der Waals surface area (Å²) in [5.41, 5.74) is -0.390. The molecule has 0 saturated carbocycles. The van der Waals surface area contributed by atoms with Crippen LogP contribution < -0.4 is 10.4 Å². The second-order valence-corrected chi connectivity index (χ2v) is 5.46. The third-order valence-corrected chi connectivity index (χ3v) is 3.75. The minimum atomic E-state index is -4.92. The second-order valence-electron chi connectivity index (χ2n) is 5.46. The van der Waals surface area contributed by atoms with Crippen LogP contribution in [0.1, 0.15) is 0 Å². The molecule has 4 aromatic rings. The van der Waals surface area contributed by atoms with E-state index in [4.69, 9.17) is 4.42 Å².